The highest BCUT2D eigenvalue weighted by atomic mass is 32.2. The summed E-state index contributed by atoms with van der Waals surface area (Å²) in [6.07, 6.45) is 1.59. The molecule has 7 heteroatoms. The Hall–Kier alpha value is -3.58. The van der Waals surface area contributed by atoms with Crippen LogP contribution in [-0.2, 0) is 5.75 Å². The van der Waals surface area contributed by atoms with E-state index in [2.05, 4.69) is 10.2 Å². The summed E-state index contributed by atoms with van der Waals surface area (Å²) in [6.45, 7) is 0. The summed E-state index contributed by atoms with van der Waals surface area (Å²) in [5.74, 6) is 1.41. The molecule has 3 aromatic carbocycles. The fourth-order valence-electron chi connectivity index (χ4n) is 2.43. The van der Waals surface area contributed by atoms with Crippen LogP contribution in [0.1, 0.15) is 21.5 Å². The van der Waals surface area contributed by atoms with Gasteiger partial charge in [-0.15, -0.1) is 5.10 Å². The van der Waals surface area contributed by atoms with Crippen LogP contribution in [0.2, 0.25) is 0 Å². The van der Waals surface area contributed by atoms with Crippen molar-refractivity contribution >= 4 is 29.1 Å². The van der Waals surface area contributed by atoms with Crippen molar-refractivity contribution in [3.05, 3.63) is 95.6 Å². The van der Waals surface area contributed by atoms with E-state index in [4.69, 9.17) is 15.2 Å². The van der Waals surface area contributed by atoms with E-state index >= 15 is 0 Å². The van der Waals surface area contributed by atoms with Gasteiger partial charge in [-0.2, -0.15) is 5.10 Å². The second kappa shape index (κ2) is 10.8. The Labute approximate surface area is 179 Å². The Morgan fingerprint density at radius 2 is 1.63 bits per heavy atom. The number of ether oxygens (including phenoxy) is 2. The van der Waals surface area contributed by atoms with Gasteiger partial charge in [-0.1, -0.05) is 42.1 Å². The number of rotatable bonds is 7. The van der Waals surface area contributed by atoms with Crippen LogP contribution in [0.5, 0.6) is 11.5 Å². The van der Waals surface area contributed by atoms with Crippen molar-refractivity contribution in [2.75, 3.05) is 7.11 Å². The zero-order valence-electron chi connectivity index (χ0n) is 16.4. The molecule has 0 fully saturated rings. The van der Waals surface area contributed by atoms with Gasteiger partial charge in [0, 0.05) is 5.75 Å². The quantitative estimate of drug-likeness (QED) is 0.200. The fourth-order valence-corrected chi connectivity index (χ4v) is 3.04. The lowest BCUT2D eigenvalue weighted by atomic mass is 10.2. The molecule has 30 heavy (non-hydrogen) atoms. The number of hydrogen-bond acceptors (Lipinski definition) is 6. The number of esters is 1. The molecule has 0 atom stereocenters. The number of carbonyl (C=O) groups is 1. The monoisotopic (exact) mass is 419 g/mol. The number of amidine groups is 1. The lowest BCUT2D eigenvalue weighted by molar-refractivity contribution is 0.0734. The number of nitrogens with zero attached hydrogens (tertiary/aromatic N) is 2. The van der Waals surface area contributed by atoms with Gasteiger partial charge in [0.2, 0.25) is 0 Å². The van der Waals surface area contributed by atoms with Crippen molar-refractivity contribution in [1.82, 2.24) is 0 Å². The van der Waals surface area contributed by atoms with E-state index < -0.39 is 5.97 Å². The average Bonchev–Trinajstić information content (AvgIpc) is 2.79. The minimum atomic E-state index is -0.438. The molecular weight excluding hydrogens is 398 g/mol. The summed E-state index contributed by atoms with van der Waals surface area (Å²) in [5.41, 5.74) is 8.30. The standard InChI is InChI=1S/C23H21N3O3S/c1-28-20-13-9-19(10-14-20)22(27)29-21-11-7-17(8-12-21)15-25-26-23(24)30-16-18-5-3-2-4-6-18/h2-15H,16H2,1H3,(H2,24,26). The summed E-state index contributed by atoms with van der Waals surface area (Å²) < 4.78 is 10.4. The van der Waals surface area contributed by atoms with E-state index in [1.807, 2.05) is 30.3 Å². The number of thioether (sulfide) groups is 1. The number of carbonyl (C=O) groups excluding carboxylic acids is 1. The van der Waals surface area contributed by atoms with Crippen LogP contribution in [0.3, 0.4) is 0 Å². The van der Waals surface area contributed by atoms with Crippen molar-refractivity contribution in [2.45, 2.75) is 5.75 Å². The van der Waals surface area contributed by atoms with Gasteiger partial charge in [0.25, 0.3) is 0 Å². The maximum atomic E-state index is 12.2. The van der Waals surface area contributed by atoms with Crippen LogP contribution >= 0.6 is 11.8 Å². The summed E-state index contributed by atoms with van der Waals surface area (Å²) in [6, 6.07) is 23.7. The molecule has 2 N–H and O–H groups in total. The van der Waals surface area contributed by atoms with Crippen LogP contribution in [0, 0.1) is 0 Å². The van der Waals surface area contributed by atoms with Gasteiger partial charge in [0.05, 0.1) is 18.9 Å². The van der Waals surface area contributed by atoms with E-state index in [-0.39, 0.29) is 0 Å². The normalized spacial score (nSPS) is 11.4. The van der Waals surface area contributed by atoms with Gasteiger partial charge in [0.15, 0.2) is 5.17 Å². The lowest BCUT2D eigenvalue weighted by Gasteiger charge is -2.05. The Morgan fingerprint density at radius 3 is 2.30 bits per heavy atom. The summed E-state index contributed by atoms with van der Waals surface area (Å²) in [4.78, 5) is 12.2. The molecule has 0 aromatic heterocycles. The Morgan fingerprint density at radius 1 is 0.967 bits per heavy atom. The first-order valence-corrected chi connectivity index (χ1v) is 10.1. The molecule has 0 saturated heterocycles. The highest BCUT2D eigenvalue weighted by Crippen LogP contribution is 2.16. The van der Waals surface area contributed by atoms with Crippen LogP contribution < -0.4 is 15.2 Å². The zero-order chi connectivity index (χ0) is 21.2. The first kappa shape index (κ1) is 21.1. The number of hydrogen-bond donors (Lipinski definition) is 1. The second-order valence-corrected chi connectivity index (χ2v) is 7.14. The largest absolute Gasteiger partial charge is 0.497 e. The third kappa shape index (κ3) is 6.49. The molecule has 0 saturated carbocycles. The summed E-state index contributed by atoms with van der Waals surface area (Å²) >= 11 is 1.42. The highest BCUT2D eigenvalue weighted by Gasteiger charge is 2.08. The van der Waals surface area contributed by atoms with E-state index in [9.17, 15) is 4.79 Å². The van der Waals surface area contributed by atoms with Crippen molar-refractivity contribution < 1.29 is 14.3 Å². The minimum Gasteiger partial charge on any atom is -0.497 e. The first-order chi connectivity index (χ1) is 14.6. The predicted octanol–water partition coefficient (Wildman–Crippen LogP) is 4.50. The molecule has 3 rings (SSSR count). The predicted molar refractivity (Wildman–Crippen MR) is 121 cm³/mol. The number of methoxy groups -OCH3 is 1. The Balaban J connectivity index is 1.51. The van der Waals surface area contributed by atoms with Gasteiger partial charge in [-0.3, -0.25) is 0 Å². The van der Waals surface area contributed by atoms with E-state index in [0.29, 0.717) is 22.2 Å². The third-order valence-electron chi connectivity index (χ3n) is 4.01. The summed E-state index contributed by atoms with van der Waals surface area (Å²) in [7, 11) is 1.57. The van der Waals surface area contributed by atoms with Crippen molar-refractivity contribution in [2.24, 2.45) is 15.9 Å². The molecule has 0 aliphatic carbocycles. The maximum Gasteiger partial charge on any atom is 0.343 e. The summed E-state index contributed by atoms with van der Waals surface area (Å²) in [5, 5.41) is 8.39. The van der Waals surface area contributed by atoms with Gasteiger partial charge in [-0.05, 0) is 59.7 Å². The molecule has 0 amide bonds. The lowest BCUT2D eigenvalue weighted by Crippen LogP contribution is -2.08. The van der Waals surface area contributed by atoms with E-state index in [1.165, 1.54) is 17.3 Å². The minimum absolute atomic E-state index is 0.389. The van der Waals surface area contributed by atoms with Gasteiger partial charge in [-0.25, -0.2) is 4.79 Å². The molecule has 0 radical (unpaired) electrons. The van der Waals surface area contributed by atoms with Crippen molar-refractivity contribution in [3.63, 3.8) is 0 Å². The number of benzene rings is 3. The molecule has 152 valence electrons. The molecule has 0 bridgehead atoms. The average molecular weight is 420 g/mol. The first-order valence-electron chi connectivity index (χ1n) is 9.13. The molecule has 0 aliphatic rings. The topological polar surface area (TPSA) is 86.3 Å². The highest BCUT2D eigenvalue weighted by molar-refractivity contribution is 8.13. The maximum absolute atomic E-state index is 12.2. The molecule has 3 aromatic rings. The van der Waals surface area contributed by atoms with Gasteiger partial charge in [0.1, 0.15) is 11.5 Å². The van der Waals surface area contributed by atoms with Gasteiger partial charge < -0.3 is 15.2 Å². The Bertz CT molecular complexity index is 1020. The SMILES string of the molecule is COc1ccc(C(=O)Oc2ccc(C=NN=C(N)SCc3ccccc3)cc2)cc1. The molecule has 0 spiro atoms. The zero-order valence-corrected chi connectivity index (χ0v) is 17.2. The molecule has 0 aliphatic heterocycles. The van der Waals surface area contributed by atoms with Crippen LogP contribution in [0.15, 0.2) is 89.1 Å². The smallest absolute Gasteiger partial charge is 0.343 e. The second-order valence-electron chi connectivity index (χ2n) is 6.14. The molecular formula is C23H21N3O3S. The molecule has 6 nitrogen and oxygen atoms in total. The third-order valence-corrected chi connectivity index (χ3v) is 4.86. The fraction of sp³-hybridized carbons (Fsp3) is 0.0870. The van der Waals surface area contributed by atoms with E-state index in [0.717, 1.165) is 11.3 Å². The number of nitrogens with two attached hydrogens (primary N) is 1. The van der Waals surface area contributed by atoms with Crippen LogP contribution in [0.25, 0.3) is 0 Å². The van der Waals surface area contributed by atoms with Crippen LogP contribution in [-0.4, -0.2) is 24.5 Å². The van der Waals surface area contributed by atoms with E-state index in [1.54, 1.807) is 61.9 Å². The molecule has 0 unspecified atom stereocenters. The van der Waals surface area contributed by atoms with Gasteiger partial charge >= 0.3 is 5.97 Å². The van der Waals surface area contributed by atoms with Crippen molar-refractivity contribution in [1.29, 1.82) is 0 Å². The molecule has 0 heterocycles. The Kier molecular flexibility index (Phi) is 7.63. The van der Waals surface area contributed by atoms with Crippen LogP contribution in [0.4, 0.5) is 0 Å². The van der Waals surface area contributed by atoms with Crippen molar-refractivity contribution in [3.8, 4) is 11.5 Å².